The number of rotatable bonds is 6. The van der Waals surface area contributed by atoms with Crippen LogP contribution in [0.25, 0.3) is 5.57 Å². The molecule has 4 heterocycles. The first kappa shape index (κ1) is 27.1. The van der Waals surface area contributed by atoms with Crippen molar-refractivity contribution in [3.05, 3.63) is 46.3 Å². The van der Waals surface area contributed by atoms with Crippen molar-refractivity contribution < 1.29 is 18.2 Å². The van der Waals surface area contributed by atoms with E-state index in [1.165, 1.54) is 11.3 Å². The summed E-state index contributed by atoms with van der Waals surface area (Å²) in [5.74, 6) is 1.21. The minimum Gasteiger partial charge on any atom is -0.385 e. The third-order valence-corrected chi connectivity index (χ3v) is 9.24. The van der Waals surface area contributed by atoms with Crippen molar-refractivity contribution in [2.24, 2.45) is 4.99 Å². The molecule has 1 aromatic carbocycles. The van der Waals surface area contributed by atoms with Crippen LogP contribution >= 0.6 is 0 Å². The van der Waals surface area contributed by atoms with Gasteiger partial charge >= 0.3 is 0 Å². The minimum atomic E-state index is -2.61. The van der Waals surface area contributed by atoms with Crippen LogP contribution < -0.4 is 10.6 Å². The number of hydrogen-bond donors (Lipinski definition) is 2. The van der Waals surface area contributed by atoms with Crippen LogP contribution in [0.4, 0.5) is 14.5 Å². The van der Waals surface area contributed by atoms with E-state index in [1.54, 1.807) is 26.3 Å². The van der Waals surface area contributed by atoms with Crippen LogP contribution in [0, 0.1) is 0 Å². The van der Waals surface area contributed by atoms with Gasteiger partial charge in [0, 0.05) is 68.9 Å². The molecule has 2 fully saturated rings. The summed E-state index contributed by atoms with van der Waals surface area (Å²) < 4.78 is 31.7. The Morgan fingerprint density at radius 2 is 2.02 bits per heavy atom. The van der Waals surface area contributed by atoms with Crippen molar-refractivity contribution in [1.29, 1.82) is 0 Å². The van der Waals surface area contributed by atoms with Crippen LogP contribution in [0.1, 0.15) is 75.5 Å². The number of carbonyl (C=O) groups is 1. The summed E-state index contributed by atoms with van der Waals surface area (Å²) in [4.78, 5) is 20.9. The van der Waals surface area contributed by atoms with Gasteiger partial charge in [-0.2, -0.15) is 0 Å². The zero-order valence-electron chi connectivity index (χ0n) is 23.9. The fourth-order valence-electron chi connectivity index (χ4n) is 6.67. The average Bonchev–Trinajstić information content (AvgIpc) is 3.68. The van der Waals surface area contributed by atoms with Crippen LogP contribution in [0.3, 0.4) is 0 Å². The van der Waals surface area contributed by atoms with Crippen molar-refractivity contribution >= 4 is 29.2 Å². The van der Waals surface area contributed by atoms with E-state index in [2.05, 4.69) is 32.0 Å². The van der Waals surface area contributed by atoms with Gasteiger partial charge in [0.05, 0.1) is 13.1 Å². The molecule has 1 amide bonds. The third-order valence-electron chi connectivity index (χ3n) is 9.24. The second-order valence-corrected chi connectivity index (χ2v) is 12.1. The quantitative estimate of drug-likeness (QED) is 0.407. The van der Waals surface area contributed by atoms with Crippen LogP contribution in [0.15, 0.2) is 34.6 Å². The Morgan fingerprint density at radius 1 is 1.25 bits per heavy atom. The van der Waals surface area contributed by atoms with E-state index < -0.39 is 6.43 Å². The molecule has 1 aromatic rings. The molecule has 5 aliphatic rings. The molecule has 0 bridgehead atoms. The van der Waals surface area contributed by atoms with E-state index in [1.807, 2.05) is 17.2 Å². The Hall–Kier alpha value is -3.07. The molecule has 0 spiro atoms. The van der Waals surface area contributed by atoms with Crippen molar-refractivity contribution in [3.63, 3.8) is 0 Å². The number of fused-ring (bicyclic) bond motifs is 1. The van der Waals surface area contributed by atoms with E-state index in [-0.39, 0.29) is 17.0 Å². The smallest absolute Gasteiger partial charge is 0.291 e. The highest BCUT2D eigenvalue weighted by molar-refractivity contribution is 6.10. The van der Waals surface area contributed by atoms with Crippen LogP contribution in [0.2, 0.25) is 0 Å². The molecule has 0 aromatic heterocycles. The molecule has 4 aliphatic heterocycles. The maximum atomic E-state index is 14.7. The Balaban J connectivity index is 1.46. The average molecular weight is 552 g/mol. The van der Waals surface area contributed by atoms with Gasteiger partial charge in [0.15, 0.2) is 0 Å². The number of aliphatic imine (C=N–C) groups is 1. The number of nitrogens with zero attached hydrogens (tertiary/aromatic N) is 4. The Morgan fingerprint density at radius 3 is 2.70 bits per heavy atom. The molecule has 40 heavy (non-hydrogen) atoms. The summed E-state index contributed by atoms with van der Waals surface area (Å²) in [7, 11) is 1.68. The van der Waals surface area contributed by atoms with Crippen LogP contribution in [-0.2, 0) is 11.2 Å². The lowest BCUT2D eigenvalue weighted by Gasteiger charge is -2.45. The van der Waals surface area contributed by atoms with Gasteiger partial charge in [-0.15, -0.1) is 0 Å². The first-order valence-corrected chi connectivity index (χ1v) is 14.8. The number of halogens is 2. The molecule has 6 rings (SSSR count). The fraction of sp³-hybridized carbons (Fsp3) is 0.581. The molecule has 2 N–H and O–H groups in total. The van der Waals surface area contributed by atoms with Gasteiger partial charge in [-0.25, -0.2) is 18.3 Å². The lowest BCUT2D eigenvalue weighted by molar-refractivity contribution is -0.453. The van der Waals surface area contributed by atoms with E-state index in [9.17, 15) is 13.6 Å². The molecule has 7 nitrogen and oxygen atoms in total. The van der Waals surface area contributed by atoms with Gasteiger partial charge in [-0.3, -0.25) is 9.79 Å². The number of hydrogen-bond acceptors (Lipinski definition) is 4. The number of aryl methyl sites for hydroxylation is 1. The predicted molar refractivity (Wildman–Crippen MR) is 154 cm³/mol. The number of benzene rings is 1. The molecule has 0 unspecified atom stereocenters. The molecule has 0 atom stereocenters. The highest BCUT2D eigenvalue weighted by Gasteiger charge is 2.51. The maximum absolute atomic E-state index is 14.7. The van der Waals surface area contributed by atoms with Gasteiger partial charge in [0.25, 0.3) is 12.3 Å². The molecule has 1 aliphatic carbocycles. The summed E-state index contributed by atoms with van der Waals surface area (Å²) in [5, 5.41) is 6.90. The lowest BCUT2D eigenvalue weighted by Crippen LogP contribution is -2.59. The summed E-state index contributed by atoms with van der Waals surface area (Å²) >= 11 is 0. The fourth-order valence-corrected chi connectivity index (χ4v) is 6.67. The van der Waals surface area contributed by atoms with Gasteiger partial charge in [-0.05, 0) is 69.0 Å². The summed E-state index contributed by atoms with van der Waals surface area (Å²) in [6, 6.07) is 4.09. The van der Waals surface area contributed by atoms with Crippen molar-refractivity contribution in [2.75, 3.05) is 39.8 Å². The summed E-state index contributed by atoms with van der Waals surface area (Å²) in [5.41, 5.74) is 5.82. The Bertz CT molecular complexity index is 1320. The number of alkyl halides is 2. The van der Waals surface area contributed by atoms with Crippen molar-refractivity contribution in [1.82, 2.24) is 20.4 Å². The van der Waals surface area contributed by atoms with Crippen LogP contribution in [-0.4, -0.2) is 83.7 Å². The molecule has 9 heteroatoms. The molecule has 1 saturated heterocycles. The Labute approximate surface area is 235 Å². The molecular weight excluding hydrogens is 510 g/mol. The third kappa shape index (κ3) is 4.97. The predicted octanol–water partition coefficient (Wildman–Crippen LogP) is 4.37. The standard InChI is InChI=1S/C31H41F2N6O/c1-20(40)37-14-8-27-26(19-37)30(39(27)23-6-11-35-12-7-23)38-13-4-5-21-15-24(25(29(32)33)16-28(21)38)22(17-34-3)18-36-31(2)9-10-31/h15-18,23,29,35-36H,4-14,19H2,1-3H3/q+1. The van der Waals surface area contributed by atoms with E-state index in [0.29, 0.717) is 23.7 Å². The van der Waals surface area contributed by atoms with Gasteiger partial charge in [0.1, 0.15) is 23.0 Å². The molecule has 214 valence electrons. The van der Waals surface area contributed by atoms with Crippen molar-refractivity contribution in [2.45, 2.75) is 76.8 Å². The number of amides is 1. The monoisotopic (exact) mass is 551 g/mol. The van der Waals surface area contributed by atoms with E-state index in [4.69, 9.17) is 0 Å². The van der Waals surface area contributed by atoms with E-state index in [0.717, 1.165) is 88.2 Å². The second kappa shape index (κ2) is 10.7. The first-order valence-electron chi connectivity index (χ1n) is 14.8. The van der Waals surface area contributed by atoms with Gasteiger partial charge in [-0.1, -0.05) is 0 Å². The topological polar surface area (TPSA) is 63.0 Å². The largest absolute Gasteiger partial charge is 0.385 e. The van der Waals surface area contributed by atoms with Gasteiger partial charge in [0.2, 0.25) is 5.91 Å². The lowest BCUT2D eigenvalue weighted by atomic mass is 9.88. The summed E-state index contributed by atoms with van der Waals surface area (Å²) in [6.07, 6.45) is 7.82. The zero-order chi connectivity index (χ0) is 28.0. The summed E-state index contributed by atoms with van der Waals surface area (Å²) in [6.45, 7) is 7.85. The maximum Gasteiger partial charge on any atom is 0.291 e. The normalized spacial score (nSPS) is 24.8. The SMILES string of the molecule is CN=CC(=CNC1(C)CC1)c1cc2c(cc1C(F)F)[N+](=C1C3=C(CCN(C(C)=O)C3)N1C1CCNCC1)CCC2. The number of amidine groups is 1. The second-order valence-electron chi connectivity index (χ2n) is 12.1. The minimum absolute atomic E-state index is 0.0381. The molecule has 1 saturated carbocycles. The number of carbonyl (C=O) groups excluding carboxylic acids is 1. The number of piperidine rings is 1. The number of allylic oxidation sites excluding steroid dienone is 1. The van der Waals surface area contributed by atoms with E-state index >= 15 is 0 Å². The van der Waals surface area contributed by atoms with Gasteiger partial charge < -0.3 is 15.5 Å². The Kier molecular flexibility index (Phi) is 7.27. The number of nitrogens with one attached hydrogen (secondary N) is 2. The first-order chi connectivity index (χ1) is 19.3. The highest BCUT2D eigenvalue weighted by atomic mass is 19.3. The van der Waals surface area contributed by atoms with Crippen LogP contribution in [0.5, 0.6) is 0 Å². The molecular formula is C31H41F2N6O+. The molecule has 0 radical (unpaired) electrons. The zero-order valence-corrected chi connectivity index (χ0v) is 23.9. The highest BCUT2D eigenvalue weighted by Crippen LogP contribution is 2.42. The van der Waals surface area contributed by atoms with Crippen molar-refractivity contribution in [3.8, 4) is 0 Å².